The Morgan fingerprint density at radius 3 is 3.05 bits per heavy atom. The Balaban J connectivity index is 2.16. The van der Waals surface area contributed by atoms with Crippen LogP contribution in [-0.2, 0) is 0 Å². The number of aromatic nitrogens is 3. The summed E-state index contributed by atoms with van der Waals surface area (Å²) >= 11 is 1.25. The lowest BCUT2D eigenvalue weighted by atomic mass is 10.2. The molecule has 2 rings (SSSR count). The van der Waals surface area contributed by atoms with Gasteiger partial charge in [-0.3, -0.25) is 10.1 Å². The Kier molecular flexibility index (Phi) is 4.18. The maximum Gasteiger partial charge on any atom is 0.268 e. The topological polar surface area (TPSA) is 88.0 Å². The monoisotopic (exact) mass is 274 g/mol. The number of hydrogen-bond acceptors (Lipinski definition) is 6. The van der Waals surface area contributed by atoms with Gasteiger partial charge in [-0.1, -0.05) is 11.8 Å². The highest BCUT2D eigenvalue weighted by Crippen LogP contribution is 2.21. The molecule has 0 aliphatic rings. The molecule has 7 heteroatoms. The summed E-state index contributed by atoms with van der Waals surface area (Å²) in [5.74, 6) is 5.20. The van der Waals surface area contributed by atoms with E-state index in [1.807, 2.05) is 6.92 Å². The fourth-order valence-corrected chi connectivity index (χ4v) is 2.25. The van der Waals surface area contributed by atoms with Gasteiger partial charge in [-0.25, -0.2) is 4.98 Å². The molecule has 0 bridgehead atoms. The smallest absolute Gasteiger partial charge is 0.268 e. The van der Waals surface area contributed by atoms with E-state index < -0.39 is 0 Å². The highest BCUT2D eigenvalue weighted by atomic mass is 32.1. The van der Waals surface area contributed by atoms with Crippen molar-refractivity contribution in [3.05, 3.63) is 33.8 Å². The second kappa shape index (κ2) is 6.04. The van der Waals surface area contributed by atoms with Crippen LogP contribution < -0.4 is 5.32 Å². The van der Waals surface area contributed by atoms with E-state index in [1.165, 1.54) is 23.7 Å². The molecule has 2 aromatic rings. The van der Waals surface area contributed by atoms with E-state index in [0.29, 0.717) is 4.88 Å². The number of nitrogens with zero attached hydrogens (tertiary/aromatic N) is 3. The molecule has 0 unspecified atom stereocenters. The van der Waals surface area contributed by atoms with Crippen molar-refractivity contribution >= 4 is 23.2 Å². The van der Waals surface area contributed by atoms with E-state index in [0.717, 1.165) is 10.4 Å². The molecule has 0 aliphatic carbocycles. The summed E-state index contributed by atoms with van der Waals surface area (Å²) in [5.41, 5.74) is 0.892. The number of carbonyl (C=O) groups excluding carboxylic acids is 1. The predicted molar refractivity (Wildman–Crippen MR) is 70.8 cm³/mol. The van der Waals surface area contributed by atoms with Crippen LogP contribution in [0.1, 0.15) is 20.1 Å². The summed E-state index contributed by atoms with van der Waals surface area (Å²) in [6.07, 6.45) is 2.87. The molecule has 0 radical (unpaired) electrons. The number of amides is 1. The fraction of sp³-hybridized carbons (Fsp3) is 0.167. The van der Waals surface area contributed by atoms with E-state index >= 15 is 0 Å². The first-order valence-electron chi connectivity index (χ1n) is 5.36. The minimum Gasteiger partial charge on any atom is -0.384 e. The van der Waals surface area contributed by atoms with E-state index in [1.54, 1.807) is 6.07 Å². The molecule has 0 saturated heterocycles. The molecule has 0 aliphatic heterocycles. The lowest BCUT2D eigenvalue weighted by molar-refractivity contribution is 0.102. The molecular formula is C12H10N4O2S. The summed E-state index contributed by atoms with van der Waals surface area (Å²) in [5, 5.41) is 18.5. The van der Waals surface area contributed by atoms with Crippen LogP contribution in [0.25, 0.3) is 0 Å². The first-order chi connectivity index (χ1) is 9.20. The van der Waals surface area contributed by atoms with Gasteiger partial charge in [0.15, 0.2) is 0 Å². The van der Waals surface area contributed by atoms with Crippen molar-refractivity contribution in [3.63, 3.8) is 0 Å². The minimum absolute atomic E-state index is 0.154. The number of aliphatic hydroxyl groups excluding tert-OH is 1. The molecule has 2 N–H and O–H groups in total. The first-order valence-corrected chi connectivity index (χ1v) is 6.17. The van der Waals surface area contributed by atoms with E-state index in [9.17, 15) is 4.79 Å². The second-order valence-electron chi connectivity index (χ2n) is 3.50. The average molecular weight is 274 g/mol. The largest absolute Gasteiger partial charge is 0.384 e. The van der Waals surface area contributed by atoms with Crippen molar-refractivity contribution in [1.29, 1.82) is 0 Å². The highest BCUT2D eigenvalue weighted by molar-refractivity contribution is 7.14. The third kappa shape index (κ3) is 3.34. The Hall–Kier alpha value is -2.30. The molecular weight excluding hydrogens is 264 g/mol. The molecule has 0 aromatic carbocycles. The molecule has 0 spiro atoms. The maximum atomic E-state index is 11.9. The zero-order valence-electron chi connectivity index (χ0n) is 10.0. The lowest BCUT2D eigenvalue weighted by Gasteiger charge is -1.98. The van der Waals surface area contributed by atoms with Crippen LogP contribution >= 0.6 is 11.3 Å². The van der Waals surface area contributed by atoms with Crippen molar-refractivity contribution in [2.75, 3.05) is 11.9 Å². The Morgan fingerprint density at radius 1 is 1.53 bits per heavy atom. The number of anilines is 1. The van der Waals surface area contributed by atoms with Crippen molar-refractivity contribution in [2.45, 2.75) is 6.92 Å². The quantitative estimate of drug-likeness (QED) is 0.792. The van der Waals surface area contributed by atoms with Gasteiger partial charge >= 0.3 is 0 Å². The number of aryl methyl sites for hydroxylation is 1. The number of hydrogen-bond donors (Lipinski definition) is 2. The summed E-state index contributed by atoms with van der Waals surface area (Å²) in [7, 11) is 0. The van der Waals surface area contributed by atoms with Crippen LogP contribution in [0.15, 0.2) is 18.5 Å². The summed E-state index contributed by atoms with van der Waals surface area (Å²) in [6, 6.07) is 1.73. The predicted octanol–water partition coefficient (Wildman–Crippen LogP) is 0.838. The molecule has 0 fully saturated rings. The summed E-state index contributed by atoms with van der Waals surface area (Å²) in [6.45, 7) is 1.65. The number of nitrogens with one attached hydrogen (secondary N) is 1. The van der Waals surface area contributed by atoms with Crippen molar-refractivity contribution in [1.82, 2.24) is 15.2 Å². The summed E-state index contributed by atoms with van der Waals surface area (Å²) < 4.78 is 0. The fourth-order valence-electron chi connectivity index (χ4n) is 1.31. The molecule has 0 saturated carbocycles. The first kappa shape index (κ1) is 13.1. The van der Waals surface area contributed by atoms with Gasteiger partial charge in [0.05, 0.1) is 22.1 Å². The van der Waals surface area contributed by atoms with Crippen LogP contribution in [0.2, 0.25) is 0 Å². The standard InChI is InChI=1S/C12H10N4O2S/c1-8-7-10(19-9(8)3-2-6-17)11(18)15-12-13-4-5-14-16-12/h4-5,7,17H,6H2,1H3,(H,13,15,16,18). The molecule has 19 heavy (non-hydrogen) atoms. The van der Waals surface area contributed by atoms with Gasteiger partial charge in [0.2, 0.25) is 5.95 Å². The van der Waals surface area contributed by atoms with Crippen molar-refractivity contribution < 1.29 is 9.90 Å². The molecule has 1 amide bonds. The molecule has 0 atom stereocenters. The van der Waals surface area contributed by atoms with Gasteiger partial charge in [0.25, 0.3) is 5.91 Å². The van der Waals surface area contributed by atoms with Crippen LogP contribution in [0.3, 0.4) is 0 Å². The van der Waals surface area contributed by atoms with Crippen LogP contribution in [0, 0.1) is 18.8 Å². The Morgan fingerprint density at radius 2 is 2.37 bits per heavy atom. The zero-order chi connectivity index (χ0) is 13.7. The number of carbonyl (C=O) groups is 1. The highest BCUT2D eigenvalue weighted by Gasteiger charge is 2.12. The molecule has 96 valence electrons. The summed E-state index contributed by atoms with van der Waals surface area (Å²) in [4.78, 5) is 17.1. The Bertz CT molecular complexity index is 643. The van der Waals surface area contributed by atoms with E-state index in [4.69, 9.17) is 5.11 Å². The molecule has 2 aromatic heterocycles. The number of thiophene rings is 1. The van der Waals surface area contributed by atoms with Crippen molar-refractivity contribution in [3.8, 4) is 11.8 Å². The third-order valence-electron chi connectivity index (χ3n) is 2.13. The van der Waals surface area contributed by atoms with Gasteiger partial charge in [-0.05, 0) is 18.6 Å². The Labute approximate surface area is 113 Å². The SMILES string of the molecule is Cc1cc(C(=O)Nc2nccnn2)sc1C#CCO. The zero-order valence-corrected chi connectivity index (χ0v) is 10.9. The minimum atomic E-state index is -0.307. The third-order valence-corrected chi connectivity index (χ3v) is 3.28. The van der Waals surface area contributed by atoms with Crippen LogP contribution in [0.5, 0.6) is 0 Å². The van der Waals surface area contributed by atoms with Crippen LogP contribution in [-0.4, -0.2) is 32.8 Å². The second-order valence-corrected chi connectivity index (χ2v) is 4.56. The molecule has 6 nitrogen and oxygen atoms in total. The number of rotatable bonds is 2. The van der Waals surface area contributed by atoms with Gasteiger partial charge in [0, 0.05) is 0 Å². The normalized spacial score (nSPS) is 9.58. The lowest BCUT2D eigenvalue weighted by Crippen LogP contribution is -2.12. The van der Waals surface area contributed by atoms with Crippen LogP contribution in [0.4, 0.5) is 5.95 Å². The average Bonchev–Trinajstić information content (AvgIpc) is 2.79. The number of aliphatic hydroxyl groups is 1. The maximum absolute atomic E-state index is 11.9. The van der Waals surface area contributed by atoms with Gasteiger partial charge in [-0.2, -0.15) is 5.10 Å². The van der Waals surface area contributed by atoms with Gasteiger partial charge < -0.3 is 5.11 Å². The van der Waals surface area contributed by atoms with E-state index in [2.05, 4.69) is 32.3 Å². The van der Waals surface area contributed by atoms with Gasteiger partial charge in [0.1, 0.15) is 6.61 Å². The van der Waals surface area contributed by atoms with Gasteiger partial charge in [-0.15, -0.1) is 16.4 Å². The molecule has 2 heterocycles. The van der Waals surface area contributed by atoms with E-state index in [-0.39, 0.29) is 18.5 Å². The van der Waals surface area contributed by atoms with Crippen molar-refractivity contribution in [2.24, 2.45) is 0 Å².